The summed E-state index contributed by atoms with van der Waals surface area (Å²) in [7, 11) is 0. The van der Waals surface area contributed by atoms with Gasteiger partial charge in [0.25, 0.3) is 0 Å². The molecule has 21 heavy (non-hydrogen) atoms. The first-order chi connectivity index (χ1) is 8.90. The quantitative estimate of drug-likeness (QED) is 0.753. The van der Waals surface area contributed by atoms with Crippen molar-refractivity contribution >= 4 is 5.97 Å². The van der Waals surface area contributed by atoms with E-state index in [-0.39, 0.29) is 0 Å². The van der Waals surface area contributed by atoms with E-state index in [4.69, 9.17) is 5.11 Å². The van der Waals surface area contributed by atoms with Gasteiger partial charge < -0.3 is 9.84 Å². The molecule has 0 aliphatic carbocycles. The zero-order chi connectivity index (χ0) is 17.5. The van der Waals surface area contributed by atoms with E-state index in [0.717, 1.165) is 0 Å². The Balaban J connectivity index is 5.22. The van der Waals surface area contributed by atoms with Crippen LogP contribution in [0, 0.1) is 0 Å². The standard InChI is InChI=1S/C7H3F11O3/c8-3(9,5(12,13)6(14,15)16)1-21-7(17,18)4(10,11)2(19)20/h1H2,(H,19,20). The lowest BCUT2D eigenvalue weighted by atomic mass is 10.2. The first kappa shape index (κ1) is 19.7. The van der Waals surface area contributed by atoms with Crippen molar-refractivity contribution in [3.63, 3.8) is 0 Å². The molecule has 0 heterocycles. The van der Waals surface area contributed by atoms with Gasteiger partial charge in [-0.05, 0) is 0 Å². The molecule has 0 aromatic carbocycles. The summed E-state index contributed by atoms with van der Waals surface area (Å²) in [6.45, 7) is -3.50. The fourth-order valence-electron chi connectivity index (χ4n) is 0.694. The summed E-state index contributed by atoms with van der Waals surface area (Å²) in [5.74, 6) is -22.9. The number of alkyl halides is 11. The second kappa shape index (κ2) is 5.14. The van der Waals surface area contributed by atoms with E-state index in [2.05, 4.69) is 4.74 Å². The topological polar surface area (TPSA) is 46.5 Å². The molecule has 0 spiro atoms. The highest BCUT2D eigenvalue weighted by Gasteiger charge is 2.74. The Morgan fingerprint density at radius 1 is 0.857 bits per heavy atom. The zero-order valence-electron chi connectivity index (χ0n) is 9.13. The van der Waals surface area contributed by atoms with E-state index in [1.54, 1.807) is 0 Å². The smallest absolute Gasteiger partial charge is 0.459 e. The molecule has 126 valence electrons. The van der Waals surface area contributed by atoms with Crippen LogP contribution >= 0.6 is 0 Å². The molecule has 0 atom stereocenters. The second-order valence-electron chi connectivity index (χ2n) is 3.46. The zero-order valence-corrected chi connectivity index (χ0v) is 9.13. The van der Waals surface area contributed by atoms with E-state index in [1.807, 2.05) is 0 Å². The lowest BCUT2D eigenvalue weighted by Gasteiger charge is -2.30. The third kappa shape index (κ3) is 3.47. The van der Waals surface area contributed by atoms with Gasteiger partial charge >= 0.3 is 36.0 Å². The highest BCUT2D eigenvalue weighted by Crippen LogP contribution is 2.47. The molecule has 14 heteroatoms. The molecule has 0 aromatic rings. The van der Waals surface area contributed by atoms with Crippen molar-refractivity contribution in [2.24, 2.45) is 0 Å². The molecule has 0 saturated heterocycles. The molecular weight excluding hydrogens is 341 g/mol. The van der Waals surface area contributed by atoms with Gasteiger partial charge in [-0.1, -0.05) is 0 Å². The first-order valence-corrected chi connectivity index (χ1v) is 4.35. The number of rotatable bonds is 6. The number of carboxylic acids is 1. The Labute approximate surface area is 107 Å². The second-order valence-corrected chi connectivity index (χ2v) is 3.46. The van der Waals surface area contributed by atoms with Gasteiger partial charge in [0.15, 0.2) is 0 Å². The predicted octanol–water partition coefficient (Wildman–Crippen LogP) is 3.15. The highest BCUT2D eigenvalue weighted by molar-refractivity contribution is 5.76. The summed E-state index contributed by atoms with van der Waals surface area (Å²) < 4.78 is 136. The number of carboxylic acid groups (broad SMARTS) is 1. The van der Waals surface area contributed by atoms with Crippen molar-refractivity contribution < 1.29 is 62.9 Å². The van der Waals surface area contributed by atoms with E-state index >= 15 is 0 Å². The predicted molar refractivity (Wildman–Crippen MR) is 39.4 cm³/mol. The summed E-state index contributed by atoms with van der Waals surface area (Å²) in [6.07, 6.45) is -13.1. The Bertz CT molecular complexity index is 399. The molecule has 0 aliphatic heterocycles. The number of aliphatic carboxylic acids is 1. The van der Waals surface area contributed by atoms with Crippen LogP contribution in [0.1, 0.15) is 0 Å². The van der Waals surface area contributed by atoms with E-state index in [9.17, 15) is 53.1 Å². The Kier molecular flexibility index (Phi) is 4.81. The Morgan fingerprint density at radius 3 is 1.52 bits per heavy atom. The van der Waals surface area contributed by atoms with Gasteiger partial charge in [-0.2, -0.15) is 48.3 Å². The van der Waals surface area contributed by atoms with E-state index < -0.39 is 42.6 Å². The Morgan fingerprint density at radius 2 is 1.24 bits per heavy atom. The van der Waals surface area contributed by atoms with Gasteiger partial charge in [-0.25, -0.2) is 4.79 Å². The maximum absolute atomic E-state index is 12.5. The van der Waals surface area contributed by atoms with Crippen molar-refractivity contribution in [1.82, 2.24) is 0 Å². The van der Waals surface area contributed by atoms with E-state index in [1.165, 1.54) is 0 Å². The highest BCUT2D eigenvalue weighted by atomic mass is 19.4. The molecule has 0 rings (SSSR count). The summed E-state index contributed by atoms with van der Waals surface area (Å²) in [4.78, 5) is 9.72. The largest absolute Gasteiger partial charge is 0.477 e. The average molecular weight is 344 g/mol. The third-order valence-electron chi connectivity index (χ3n) is 1.88. The van der Waals surface area contributed by atoms with Gasteiger partial charge in [0.05, 0.1) is 0 Å². The van der Waals surface area contributed by atoms with Gasteiger partial charge in [-0.3, -0.25) is 0 Å². The number of hydrogen-bond donors (Lipinski definition) is 1. The molecule has 0 amide bonds. The minimum atomic E-state index is -6.88. The minimum Gasteiger partial charge on any atom is -0.477 e. The van der Waals surface area contributed by atoms with Crippen molar-refractivity contribution in [3.05, 3.63) is 0 Å². The SMILES string of the molecule is O=C(O)C(F)(F)C(F)(F)OCC(F)(F)C(F)(F)C(F)(F)F. The summed E-state index contributed by atoms with van der Waals surface area (Å²) in [6, 6.07) is 0. The lowest BCUT2D eigenvalue weighted by molar-refractivity contribution is -0.393. The first-order valence-electron chi connectivity index (χ1n) is 4.35. The van der Waals surface area contributed by atoms with Crippen molar-refractivity contribution in [1.29, 1.82) is 0 Å². The fourth-order valence-corrected chi connectivity index (χ4v) is 0.694. The average Bonchev–Trinajstić information content (AvgIpc) is 2.24. The molecule has 0 bridgehead atoms. The van der Waals surface area contributed by atoms with Crippen molar-refractivity contribution in [2.75, 3.05) is 6.61 Å². The van der Waals surface area contributed by atoms with Crippen molar-refractivity contribution in [3.8, 4) is 0 Å². The monoisotopic (exact) mass is 344 g/mol. The molecule has 0 aliphatic rings. The van der Waals surface area contributed by atoms with Crippen LogP contribution in [-0.4, -0.2) is 47.7 Å². The lowest BCUT2D eigenvalue weighted by Crippen LogP contribution is -2.57. The maximum atomic E-state index is 12.5. The third-order valence-corrected chi connectivity index (χ3v) is 1.88. The van der Waals surface area contributed by atoms with Crippen LogP contribution in [-0.2, 0) is 9.53 Å². The molecule has 0 saturated carbocycles. The van der Waals surface area contributed by atoms with E-state index in [0.29, 0.717) is 0 Å². The van der Waals surface area contributed by atoms with Gasteiger partial charge in [0.2, 0.25) is 0 Å². The van der Waals surface area contributed by atoms with Crippen LogP contribution in [0.25, 0.3) is 0 Å². The van der Waals surface area contributed by atoms with Crippen LogP contribution < -0.4 is 0 Å². The molecule has 0 radical (unpaired) electrons. The number of halogens is 11. The Hall–Kier alpha value is -1.34. The van der Waals surface area contributed by atoms with Gasteiger partial charge in [0, 0.05) is 0 Å². The van der Waals surface area contributed by atoms with Crippen LogP contribution in [0.5, 0.6) is 0 Å². The fraction of sp³-hybridized carbons (Fsp3) is 0.857. The molecule has 1 N–H and O–H groups in total. The van der Waals surface area contributed by atoms with Gasteiger partial charge in [0.1, 0.15) is 6.61 Å². The van der Waals surface area contributed by atoms with Gasteiger partial charge in [-0.15, -0.1) is 0 Å². The number of ether oxygens (including phenoxy) is 1. The van der Waals surface area contributed by atoms with Crippen LogP contribution in [0.2, 0.25) is 0 Å². The molecule has 3 nitrogen and oxygen atoms in total. The maximum Gasteiger partial charge on any atom is 0.459 e. The van der Waals surface area contributed by atoms with Crippen LogP contribution in [0.3, 0.4) is 0 Å². The minimum absolute atomic E-state index is 2.31. The van der Waals surface area contributed by atoms with Crippen molar-refractivity contribution in [2.45, 2.75) is 30.1 Å². The van der Waals surface area contributed by atoms with Crippen LogP contribution in [0.4, 0.5) is 48.3 Å². The molecular formula is C7H3F11O3. The van der Waals surface area contributed by atoms with Crippen LogP contribution in [0.15, 0.2) is 0 Å². The molecule has 0 fully saturated rings. The summed E-state index contributed by atoms with van der Waals surface area (Å²) in [5, 5.41) is 7.67. The summed E-state index contributed by atoms with van der Waals surface area (Å²) in [5.41, 5.74) is 0. The number of carbonyl (C=O) groups is 1. The summed E-state index contributed by atoms with van der Waals surface area (Å²) >= 11 is 0. The molecule has 0 aromatic heterocycles. The number of hydrogen-bond acceptors (Lipinski definition) is 2. The normalized spacial score (nSPS) is 15.2. The molecule has 0 unspecified atom stereocenters.